The zero-order valence-electron chi connectivity index (χ0n) is 31.8. The van der Waals surface area contributed by atoms with Crippen molar-refractivity contribution in [1.29, 1.82) is 0 Å². The maximum atomic E-state index is 15.0. The molecule has 2 aliphatic heterocycles. The number of hydrogen-bond donors (Lipinski definition) is 4. The van der Waals surface area contributed by atoms with E-state index < -0.39 is 67.3 Å². The van der Waals surface area contributed by atoms with Crippen LogP contribution in [0.2, 0.25) is 0 Å². The van der Waals surface area contributed by atoms with Crippen LogP contribution in [-0.2, 0) is 29.0 Å². The topological polar surface area (TPSA) is 171 Å². The highest BCUT2D eigenvalue weighted by atomic mass is 32.2. The predicted molar refractivity (Wildman–Crippen MR) is 207 cm³/mol. The van der Waals surface area contributed by atoms with Gasteiger partial charge >= 0.3 is 6.03 Å². The monoisotopic (exact) mass is 783 g/mol. The van der Waals surface area contributed by atoms with Crippen molar-refractivity contribution >= 4 is 62.9 Å². The number of Topliss-reactive ketones (excluding diaryl/α,β-unsaturated/α-hetero) is 1. The van der Waals surface area contributed by atoms with Gasteiger partial charge in [0.25, 0.3) is 5.91 Å². The Hall–Kier alpha value is -2.00. The van der Waals surface area contributed by atoms with E-state index in [2.05, 4.69) is 21.3 Å². The standard InChI is InChI=1S/C37H61N5O7S3/c1-6-13-26(28(43)31(45)38-25-14-15-25)39-30(44)27-22-37(50-20-21-51-37)23-42(27)32(46)29(35(5)16-9-7-10-17-35)40-33(47)41-36(18-11-8-12-19-36)24-52(48,49)34(2,3)4/h25-27,29H,6-24H2,1-5H3,(H,38,45)(H,39,44)(H2,40,41,47)/t26?,27-,29+/m0/s1. The number of nitrogens with zero attached hydrogens (tertiary/aromatic N) is 1. The highest BCUT2D eigenvalue weighted by Gasteiger charge is 2.55. The number of sulfone groups is 1. The van der Waals surface area contributed by atoms with Crippen LogP contribution in [0, 0.1) is 5.41 Å². The van der Waals surface area contributed by atoms with Crippen LogP contribution in [-0.4, -0.2) is 105 Å². The third-order valence-corrected chi connectivity index (χ3v) is 18.1. The van der Waals surface area contributed by atoms with Crippen molar-refractivity contribution in [3.8, 4) is 0 Å². The van der Waals surface area contributed by atoms with Crippen LogP contribution in [0.1, 0.15) is 131 Å². The van der Waals surface area contributed by atoms with Gasteiger partial charge in [-0.25, -0.2) is 13.2 Å². The van der Waals surface area contributed by atoms with Crippen LogP contribution in [0.25, 0.3) is 0 Å². The molecule has 0 aromatic rings. The van der Waals surface area contributed by atoms with E-state index in [9.17, 15) is 27.6 Å². The molecule has 5 rings (SSSR count). The van der Waals surface area contributed by atoms with E-state index >= 15 is 4.79 Å². The average molecular weight is 784 g/mol. The molecule has 0 radical (unpaired) electrons. The predicted octanol–water partition coefficient (Wildman–Crippen LogP) is 4.45. The van der Waals surface area contributed by atoms with Gasteiger partial charge in [0.15, 0.2) is 9.84 Å². The number of hydrogen-bond acceptors (Lipinski definition) is 9. The van der Waals surface area contributed by atoms with Crippen molar-refractivity contribution in [1.82, 2.24) is 26.2 Å². The molecule has 1 spiro atoms. The third kappa shape index (κ3) is 9.62. The number of thioether (sulfide) groups is 2. The summed E-state index contributed by atoms with van der Waals surface area (Å²) in [5.41, 5.74) is -1.53. The average Bonchev–Trinajstić information content (AvgIpc) is 3.64. The number of amides is 5. The van der Waals surface area contributed by atoms with E-state index in [1.807, 2.05) is 13.8 Å². The van der Waals surface area contributed by atoms with Crippen LogP contribution < -0.4 is 21.3 Å². The van der Waals surface area contributed by atoms with Gasteiger partial charge in [-0.3, -0.25) is 19.2 Å². The lowest BCUT2D eigenvalue weighted by molar-refractivity contribution is -0.144. The second kappa shape index (κ2) is 16.4. The Balaban J connectivity index is 1.40. The minimum absolute atomic E-state index is 0.00677. The first kappa shape index (κ1) is 41.2. The fourth-order valence-corrected chi connectivity index (χ4v) is 13.1. The molecule has 12 nitrogen and oxygen atoms in total. The fourth-order valence-electron chi connectivity index (χ4n) is 8.35. The van der Waals surface area contributed by atoms with E-state index in [1.54, 1.807) is 49.2 Å². The molecule has 15 heteroatoms. The highest BCUT2D eigenvalue weighted by Crippen LogP contribution is 2.52. The first-order chi connectivity index (χ1) is 24.4. The zero-order chi connectivity index (χ0) is 38.0. The summed E-state index contributed by atoms with van der Waals surface area (Å²) in [4.78, 5) is 70.9. The summed E-state index contributed by atoms with van der Waals surface area (Å²) in [6.07, 6.45) is 10.8. The molecule has 294 valence electrons. The number of carbonyl (C=O) groups is 5. The van der Waals surface area contributed by atoms with Gasteiger partial charge in [0.1, 0.15) is 12.1 Å². The van der Waals surface area contributed by atoms with Gasteiger partial charge in [0.05, 0.1) is 26.2 Å². The Bertz CT molecular complexity index is 1460. The van der Waals surface area contributed by atoms with Gasteiger partial charge < -0.3 is 26.2 Å². The van der Waals surface area contributed by atoms with Crippen LogP contribution in [0.4, 0.5) is 4.79 Å². The van der Waals surface area contributed by atoms with Crippen molar-refractivity contribution in [3.05, 3.63) is 0 Å². The van der Waals surface area contributed by atoms with Gasteiger partial charge in [0.2, 0.25) is 17.6 Å². The molecule has 3 saturated carbocycles. The van der Waals surface area contributed by atoms with Crippen LogP contribution in [0.5, 0.6) is 0 Å². The summed E-state index contributed by atoms with van der Waals surface area (Å²) in [5.74, 6) is -0.557. The summed E-state index contributed by atoms with van der Waals surface area (Å²) >= 11 is 3.48. The second-order valence-corrected chi connectivity index (χ2v) is 23.2. The minimum Gasteiger partial charge on any atom is -0.347 e. The SMILES string of the molecule is CCCC(NC(=O)[C@@H]1CC2(CN1C(=O)[C@@H](NC(=O)NC1(CS(=O)(=O)C(C)(C)C)CCCCC1)C1(C)CCCCC1)SCCS2)C(=O)C(=O)NC1CC1. The Morgan fingerprint density at radius 1 is 0.885 bits per heavy atom. The van der Waals surface area contributed by atoms with Crippen LogP contribution in [0.15, 0.2) is 0 Å². The summed E-state index contributed by atoms with van der Waals surface area (Å²) in [6.45, 7) is 9.27. The molecule has 0 aromatic carbocycles. The van der Waals surface area contributed by atoms with Crippen molar-refractivity contribution in [2.75, 3.05) is 23.8 Å². The first-order valence-corrected chi connectivity index (χ1v) is 23.1. The molecule has 0 bridgehead atoms. The van der Waals surface area contributed by atoms with Gasteiger partial charge in [-0.05, 0) is 71.1 Å². The maximum absolute atomic E-state index is 15.0. The molecule has 3 atom stereocenters. The minimum atomic E-state index is -3.57. The second-order valence-electron chi connectivity index (χ2n) is 17.2. The molecule has 0 aromatic heterocycles. The number of rotatable bonds is 13. The number of likely N-dealkylation sites (tertiary alicyclic amines) is 1. The largest absolute Gasteiger partial charge is 0.347 e. The Morgan fingerprint density at radius 3 is 2.04 bits per heavy atom. The van der Waals surface area contributed by atoms with E-state index in [1.165, 1.54) is 0 Å². The smallest absolute Gasteiger partial charge is 0.315 e. The molecule has 5 fully saturated rings. The van der Waals surface area contributed by atoms with Crippen molar-refractivity contribution in [2.24, 2.45) is 5.41 Å². The fraction of sp³-hybridized carbons (Fsp3) is 0.865. The number of nitrogens with one attached hydrogen (secondary N) is 4. The van der Waals surface area contributed by atoms with E-state index in [-0.39, 0.29) is 21.8 Å². The Labute approximate surface area is 318 Å². The van der Waals surface area contributed by atoms with Crippen molar-refractivity contribution < 1.29 is 32.4 Å². The van der Waals surface area contributed by atoms with E-state index in [0.717, 1.165) is 75.7 Å². The van der Waals surface area contributed by atoms with Gasteiger partial charge in [-0.1, -0.05) is 58.8 Å². The number of carbonyl (C=O) groups excluding carboxylic acids is 5. The molecular weight excluding hydrogens is 723 g/mol. The summed E-state index contributed by atoms with van der Waals surface area (Å²) in [6, 6.07) is -3.39. The lowest BCUT2D eigenvalue weighted by Crippen LogP contribution is -2.64. The molecule has 5 aliphatic rings. The maximum Gasteiger partial charge on any atom is 0.315 e. The third-order valence-electron chi connectivity index (χ3n) is 11.8. The Kier molecular flexibility index (Phi) is 13.0. The summed E-state index contributed by atoms with van der Waals surface area (Å²) < 4.78 is 25.6. The molecule has 3 aliphatic carbocycles. The van der Waals surface area contributed by atoms with Gasteiger partial charge in [0, 0.05) is 30.5 Å². The molecule has 2 saturated heterocycles. The summed E-state index contributed by atoms with van der Waals surface area (Å²) in [7, 11) is -3.57. The summed E-state index contributed by atoms with van der Waals surface area (Å²) in [5, 5.41) is 11.8. The number of urea groups is 1. The quantitative estimate of drug-likeness (QED) is 0.197. The molecular formula is C37H61N5O7S3. The van der Waals surface area contributed by atoms with E-state index in [0.29, 0.717) is 38.6 Å². The molecule has 4 N–H and O–H groups in total. The van der Waals surface area contributed by atoms with Crippen molar-refractivity contribution in [3.63, 3.8) is 0 Å². The molecule has 2 heterocycles. The molecule has 5 amide bonds. The van der Waals surface area contributed by atoms with E-state index in [4.69, 9.17) is 0 Å². The van der Waals surface area contributed by atoms with Gasteiger partial charge in [-0.2, -0.15) is 0 Å². The molecule has 1 unspecified atom stereocenters. The lowest BCUT2D eigenvalue weighted by Gasteiger charge is -2.44. The van der Waals surface area contributed by atoms with Crippen LogP contribution in [0.3, 0.4) is 0 Å². The zero-order valence-corrected chi connectivity index (χ0v) is 34.2. The first-order valence-electron chi connectivity index (χ1n) is 19.5. The van der Waals surface area contributed by atoms with Gasteiger partial charge in [-0.15, -0.1) is 23.5 Å². The lowest BCUT2D eigenvalue weighted by atomic mass is 9.70. The van der Waals surface area contributed by atoms with Crippen LogP contribution >= 0.6 is 23.5 Å². The normalized spacial score (nSPS) is 25.2. The van der Waals surface area contributed by atoms with Crippen molar-refractivity contribution in [2.45, 2.75) is 169 Å². The highest BCUT2D eigenvalue weighted by molar-refractivity contribution is 8.21. The molecule has 52 heavy (non-hydrogen) atoms. The Morgan fingerprint density at radius 2 is 1.48 bits per heavy atom. The number of ketones is 1.